The lowest BCUT2D eigenvalue weighted by Gasteiger charge is -2.23. The molecule has 1 saturated heterocycles. The predicted octanol–water partition coefficient (Wildman–Crippen LogP) is 2.06. The Morgan fingerprint density at radius 3 is 3.04 bits per heavy atom. The average Bonchev–Trinajstić information content (AvgIpc) is 2.99. The van der Waals surface area contributed by atoms with Crippen molar-refractivity contribution >= 4 is 11.6 Å². The van der Waals surface area contributed by atoms with Crippen LogP contribution in [-0.2, 0) is 11.3 Å². The molecule has 0 saturated carbocycles. The van der Waals surface area contributed by atoms with Crippen LogP contribution in [0.15, 0.2) is 42.5 Å². The van der Waals surface area contributed by atoms with Crippen molar-refractivity contribution in [1.29, 1.82) is 0 Å². The van der Waals surface area contributed by atoms with Gasteiger partial charge < -0.3 is 14.8 Å². The van der Waals surface area contributed by atoms with E-state index < -0.39 is 0 Å². The molecular formula is C18H19N3O3. The molecule has 6 heteroatoms. The minimum Gasteiger partial charge on any atom is -0.487 e. The summed E-state index contributed by atoms with van der Waals surface area (Å²) in [6.07, 6.45) is 0.692. The molecule has 0 spiro atoms. The number of fused-ring (bicyclic) bond motifs is 3. The Hall–Kier alpha value is -2.60. The molecule has 6 nitrogen and oxygen atoms in total. The number of benzene rings is 1. The number of carbonyl (C=O) groups is 1. The van der Waals surface area contributed by atoms with Gasteiger partial charge in [-0.25, -0.2) is 4.98 Å². The Morgan fingerprint density at radius 2 is 2.17 bits per heavy atom. The Bertz CT molecular complexity index is 765. The van der Waals surface area contributed by atoms with Crippen molar-refractivity contribution in [3.63, 3.8) is 0 Å². The van der Waals surface area contributed by atoms with Gasteiger partial charge in [0.05, 0.1) is 24.5 Å². The fourth-order valence-corrected chi connectivity index (χ4v) is 3.33. The van der Waals surface area contributed by atoms with Crippen molar-refractivity contribution in [2.75, 3.05) is 19.0 Å². The van der Waals surface area contributed by atoms with Crippen molar-refractivity contribution in [3.05, 3.63) is 48.2 Å². The number of nitrogens with zero attached hydrogens (tertiary/aromatic N) is 2. The molecule has 4 rings (SSSR count). The summed E-state index contributed by atoms with van der Waals surface area (Å²) in [6, 6.07) is 13.0. The van der Waals surface area contributed by atoms with Crippen LogP contribution >= 0.6 is 0 Å². The summed E-state index contributed by atoms with van der Waals surface area (Å²) in [7, 11) is 1.60. The third-order valence-electron chi connectivity index (χ3n) is 4.46. The van der Waals surface area contributed by atoms with Gasteiger partial charge in [0.1, 0.15) is 11.9 Å². The number of hydrogen-bond acceptors (Lipinski definition) is 5. The van der Waals surface area contributed by atoms with Crippen molar-refractivity contribution in [2.24, 2.45) is 0 Å². The van der Waals surface area contributed by atoms with E-state index in [-0.39, 0.29) is 18.1 Å². The number of ether oxygens (including phenoxy) is 2. The van der Waals surface area contributed by atoms with E-state index in [1.165, 1.54) is 0 Å². The molecule has 1 fully saturated rings. The van der Waals surface area contributed by atoms with Gasteiger partial charge in [-0.15, -0.1) is 0 Å². The van der Waals surface area contributed by atoms with E-state index in [2.05, 4.69) is 15.2 Å². The number of amides is 1. The number of nitrogens with one attached hydrogen (secondary N) is 1. The Balaban J connectivity index is 1.56. The van der Waals surface area contributed by atoms with Crippen LogP contribution in [0.5, 0.6) is 11.6 Å². The molecule has 124 valence electrons. The second-order valence-electron chi connectivity index (χ2n) is 6.08. The smallest absolute Gasteiger partial charge is 0.241 e. The average molecular weight is 325 g/mol. The summed E-state index contributed by atoms with van der Waals surface area (Å²) in [4.78, 5) is 19.2. The molecule has 24 heavy (non-hydrogen) atoms. The number of rotatable bonds is 3. The number of hydrogen-bond donors (Lipinski definition) is 1. The number of aromatic nitrogens is 1. The van der Waals surface area contributed by atoms with E-state index in [0.29, 0.717) is 25.4 Å². The molecule has 0 aliphatic carbocycles. The van der Waals surface area contributed by atoms with Crippen LogP contribution in [0, 0.1) is 0 Å². The van der Waals surface area contributed by atoms with Crippen LogP contribution in [0.2, 0.25) is 0 Å². The molecule has 2 bridgehead atoms. The third kappa shape index (κ3) is 2.80. The van der Waals surface area contributed by atoms with Gasteiger partial charge in [-0.1, -0.05) is 18.2 Å². The van der Waals surface area contributed by atoms with Gasteiger partial charge in [0.2, 0.25) is 11.8 Å². The molecule has 1 amide bonds. The van der Waals surface area contributed by atoms with E-state index in [4.69, 9.17) is 9.47 Å². The second kappa shape index (κ2) is 6.13. The molecule has 0 unspecified atom stereocenters. The highest BCUT2D eigenvalue weighted by Crippen LogP contribution is 2.33. The first-order chi connectivity index (χ1) is 11.7. The molecule has 2 atom stereocenters. The first-order valence-electron chi connectivity index (χ1n) is 8.03. The quantitative estimate of drug-likeness (QED) is 0.936. The van der Waals surface area contributed by atoms with Gasteiger partial charge >= 0.3 is 0 Å². The first-order valence-corrected chi connectivity index (χ1v) is 8.03. The fraction of sp³-hybridized carbons (Fsp3) is 0.333. The number of likely N-dealkylation sites (tertiary alicyclic amines) is 1. The number of methoxy groups -OCH3 is 1. The minimum absolute atomic E-state index is 0.00723. The van der Waals surface area contributed by atoms with Gasteiger partial charge in [0, 0.05) is 25.6 Å². The van der Waals surface area contributed by atoms with Gasteiger partial charge in [0.25, 0.3) is 0 Å². The van der Waals surface area contributed by atoms with Crippen LogP contribution in [0.4, 0.5) is 5.69 Å². The molecule has 0 radical (unpaired) electrons. The van der Waals surface area contributed by atoms with Gasteiger partial charge in [0.15, 0.2) is 0 Å². The lowest BCUT2D eigenvalue weighted by Crippen LogP contribution is -2.39. The Labute approximate surface area is 140 Å². The molecule has 2 aromatic rings. The Morgan fingerprint density at radius 1 is 1.29 bits per heavy atom. The van der Waals surface area contributed by atoms with Crippen LogP contribution in [0.1, 0.15) is 12.1 Å². The zero-order valence-electron chi connectivity index (χ0n) is 13.4. The number of carbonyl (C=O) groups excluding carboxylic acids is 1. The van der Waals surface area contributed by atoms with Crippen LogP contribution in [-0.4, -0.2) is 41.6 Å². The predicted molar refractivity (Wildman–Crippen MR) is 89.1 cm³/mol. The van der Waals surface area contributed by atoms with Crippen LogP contribution in [0.25, 0.3) is 0 Å². The standard InChI is InChI=1S/C18H19N3O3/c1-23-17-8-4-5-12(19-17)10-21-11-13-9-15(21)18(22)20-14-6-2-3-7-16(14)24-13/h2-8,13,15H,9-11H2,1H3,(H,20,22)/t13-,15-/m0/s1. The van der Waals surface area contributed by atoms with E-state index >= 15 is 0 Å². The summed E-state index contributed by atoms with van der Waals surface area (Å²) in [5, 5.41) is 2.98. The van der Waals surface area contributed by atoms with Crippen LogP contribution in [0.3, 0.4) is 0 Å². The molecule has 1 aromatic carbocycles. The number of pyridine rings is 1. The van der Waals surface area contributed by atoms with E-state index in [0.717, 1.165) is 17.1 Å². The molecular weight excluding hydrogens is 306 g/mol. The van der Waals surface area contributed by atoms with Crippen molar-refractivity contribution in [2.45, 2.75) is 25.1 Å². The van der Waals surface area contributed by atoms with Crippen molar-refractivity contribution in [1.82, 2.24) is 9.88 Å². The van der Waals surface area contributed by atoms with E-state index in [1.54, 1.807) is 7.11 Å². The first kappa shape index (κ1) is 15.0. The maximum Gasteiger partial charge on any atom is 0.241 e. The largest absolute Gasteiger partial charge is 0.487 e. The van der Waals surface area contributed by atoms with Crippen molar-refractivity contribution < 1.29 is 14.3 Å². The van der Waals surface area contributed by atoms with Gasteiger partial charge in [-0.05, 0) is 18.2 Å². The summed E-state index contributed by atoms with van der Waals surface area (Å²) < 4.78 is 11.3. The van der Waals surface area contributed by atoms with E-state index in [1.807, 2.05) is 42.5 Å². The molecule has 1 aromatic heterocycles. The maximum atomic E-state index is 12.7. The molecule has 2 aliphatic heterocycles. The zero-order valence-corrected chi connectivity index (χ0v) is 13.4. The summed E-state index contributed by atoms with van der Waals surface area (Å²) in [5.74, 6) is 1.32. The summed E-state index contributed by atoms with van der Waals surface area (Å²) in [5.41, 5.74) is 1.61. The lowest BCUT2D eigenvalue weighted by atomic mass is 10.1. The third-order valence-corrected chi connectivity index (χ3v) is 4.46. The Kier molecular flexibility index (Phi) is 3.82. The minimum atomic E-state index is -0.212. The normalized spacial score (nSPS) is 22.8. The topological polar surface area (TPSA) is 63.7 Å². The number of anilines is 1. The highest BCUT2D eigenvalue weighted by molar-refractivity contribution is 5.96. The van der Waals surface area contributed by atoms with Gasteiger partial charge in [-0.3, -0.25) is 9.69 Å². The highest BCUT2D eigenvalue weighted by atomic mass is 16.5. The lowest BCUT2D eigenvalue weighted by molar-refractivity contribution is -0.120. The van der Waals surface area contributed by atoms with Crippen LogP contribution < -0.4 is 14.8 Å². The second-order valence-corrected chi connectivity index (χ2v) is 6.08. The summed E-state index contributed by atoms with van der Waals surface area (Å²) >= 11 is 0. The summed E-state index contributed by atoms with van der Waals surface area (Å²) in [6.45, 7) is 1.29. The maximum absolute atomic E-state index is 12.7. The van der Waals surface area contributed by atoms with Crippen molar-refractivity contribution in [3.8, 4) is 11.6 Å². The fourth-order valence-electron chi connectivity index (χ4n) is 3.33. The monoisotopic (exact) mass is 325 g/mol. The molecule has 3 heterocycles. The highest BCUT2D eigenvalue weighted by Gasteiger charge is 2.40. The molecule has 1 N–H and O–H groups in total. The zero-order chi connectivity index (χ0) is 16.5. The number of para-hydroxylation sites is 2. The SMILES string of the molecule is COc1cccc(CN2C[C@@H]3C[C@H]2C(=O)Nc2ccccc2O3)n1. The van der Waals surface area contributed by atoms with Gasteiger partial charge in [-0.2, -0.15) is 0 Å². The molecule has 2 aliphatic rings. The van der Waals surface area contributed by atoms with E-state index in [9.17, 15) is 4.79 Å².